The highest BCUT2D eigenvalue weighted by Crippen LogP contribution is 2.30. The van der Waals surface area contributed by atoms with Crippen molar-refractivity contribution in [2.45, 2.75) is 34.7 Å². The van der Waals surface area contributed by atoms with E-state index in [1.54, 1.807) is 6.92 Å². The van der Waals surface area contributed by atoms with Gasteiger partial charge in [-0.1, -0.05) is 52.6 Å². The van der Waals surface area contributed by atoms with E-state index in [0.717, 1.165) is 15.5 Å². The van der Waals surface area contributed by atoms with Crippen LogP contribution in [0.4, 0.5) is 10.5 Å². The summed E-state index contributed by atoms with van der Waals surface area (Å²) in [7, 11) is 0. The Bertz CT molecular complexity index is 748. The number of urea groups is 1. The lowest BCUT2D eigenvalue weighted by molar-refractivity contribution is -0.119. The Labute approximate surface area is 153 Å². The largest absolute Gasteiger partial charge is 0.325 e. The van der Waals surface area contributed by atoms with E-state index in [2.05, 4.69) is 20.8 Å². The molecule has 2 aromatic rings. The number of imide groups is 1. The van der Waals surface area contributed by atoms with Gasteiger partial charge < -0.3 is 5.32 Å². The smallest absolute Gasteiger partial charge is 0.307 e. The zero-order valence-corrected chi connectivity index (χ0v) is 16.2. The monoisotopic (exact) mass is 382 g/mol. The molecule has 0 spiro atoms. The molecule has 2 rings (SSSR count). The molecule has 0 radical (unpaired) electrons. The van der Waals surface area contributed by atoms with Crippen LogP contribution in [-0.2, 0) is 4.79 Å². The van der Waals surface area contributed by atoms with Crippen molar-refractivity contribution in [3.63, 3.8) is 0 Å². The Morgan fingerprint density at radius 2 is 1.92 bits per heavy atom. The third-order valence-corrected chi connectivity index (χ3v) is 6.16. The number of carbonyl (C=O) groups is 2. The van der Waals surface area contributed by atoms with Crippen LogP contribution in [-0.4, -0.2) is 33.6 Å². The molecule has 2 N–H and O–H groups in total. The molecule has 1 unspecified atom stereocenters. The molecular formula is C15H18N4O2S3. The minimum absolute atomic E-state index is 0.372. The van der Waals surface area contributed by atoms with Gasteiger partial charge in [0.15, 0.2) is 8.68 Å². The van der Waals surface area contributed by atoms with Crippen molar-refractivity contribution < 1.29 is 9.59 Å². The van der Waals surface area contributed by atoms with Gasteiger partial charge in [0.1, 0.15) is 0 Å². The van der Waals surface area contributed by atoms with Crippen molar-refractivity contribution in [1.29, 1.82) is 0 Å². The Balaban J connectivity index is 1.89. The van der Waals surface area contributed by atoms with Crippen LogP contribution < -0.4 is 10.6 Å². The van der Waals surface area contributed by atoms with Crippen LogP contribution in [0.1, 0.15) is 18.1 Å². The molecule has 1 aromatic heterocycles. The number of aromatic nitrogens is 2. The molecule has 24 heavy (non-hydrogen) atoms. The fourth-order valence-corrected chi connectivity index (χ4v) is 4.44. The normalized spacial score (nSPS) is 11.8. The molecule has 128 valence electrons. The van der Waals surface area contributed by atoms with Gasteiger partial charge in [-0.15, -0.1) is 10.2 Å². The van der Waals surface area contributed by atoms with Gasteiger partial charge in [-0.3, -0.25) is 10.1 Å². The molecule has 1 atom stereocenters. The Morgan fingerprint density at radius 1 is 1.21 bits per heavy atom. The number of hydrogen-bond donors (Lipinski definition) is 2. The number of amides is 3. The van der Waals surface area contributed by atoms with Gasteiger partial charge >= 0.3 is 6.03 Å². The number of thioether (sulfide) groups is 2. The quantitative estimate of drug-likeness (QED) is 0.767. The predicted octanol–water partition coefficient (Wildman–Crippen LogP) is 3.71. The number of nitrogens with one attached hydrogen (secondary N) is 2. The van der Waals surface area contributed by atoms with Crippen molar-refractivity contribution in [3.05, 3.63) is 29.3 Å². The fraction of sp³-hybridized carbons (Fsp3) is 0.333. The number of rotatable bonds is 5. The predicted molar refractivity (Wildman–Crippen MR) is 100 cm³/mol. The van der Waals surface area contributed by atoms with Gasteiger partial charge in [0.05, 0.1) is 5.25 Å². The van der Waals surface area contributed by atoms with E-state index in [4.69, 9.17) is 0 Å². The minimum atomic E-state index is -0.540. The molecule has 6 nitrogen and oxygen atoms in total. The highest BCUT2D eigenvalue weighted by Gasteiger charge is 2.19. The van der Waals surface area contributed by atoms with E-state index >= 15 is 0 Å². The van der Waals surface area contributed by atoms with Crippen molar-refractivity contribution in [3.8, 4) is 0 Å². The Kier molecular flexibility index (Phi) is 6.64. The minimum Gasteiger partial charge on any atom is -0.307 e. The maximum atomic E-state index is 12.1. The molecule has 1 aromatic carbocycles. The standard InChI is InChI=1S/C15H18N4O2S3/c1-8-5-6-11(9(2)7-8)16-13(21)17-12(20)10(3)23-15-19-18-14(22-4)24-15/h5-7,10H,1-4H3,(H2,16,17,20,21). The summed E-state index contributed by atoms with van der Waals surface area (Å²) in [5.74, 6) is -0.372. The Hall–Kier alpha value is -1.58. The lowest BCUT2D eigenvalue weighted by Crippen LogP contribution is -2.39. The molecule has 9 heteroatoms. The Morgan fingerprint density at radius 3 is 2.54 bits per heavy atom. The highest BCUT2D eigenvalue weighted by molar-refractivity contribution is 8.03. The van der Waals surface area contributed by atoms with Gasteiger partial charge in [0.25, 0.3) is 0 Å². The summed E-state index contributed by atoms with van der Waals surface area (Å²) in [5.41, 5.74) is 2.74. The van der Waals surface area contributed by atoms with Crippen LogP contribution in [0.25, 0.3) is 0 Å². The van der Waals surface area contributed by atoms with Gasteiger partial charge in [0, 0.05) is 5.69 Å². The van der Waals surface area contributed by atoms with E-state index < -0.39 is 11.3 Å². The van der Waals surface area contributed by atoms with Crippen LogP contribution in [0.5, 0.6) is 0 Å². The zero-order valence-electron chi connectivity index (χ0n) is 13.7. The summed E-state index contributed by atoms with van der Waals surface area (Å²) in [6, 6.07) is 5.15. The van der Waals surface area contributed by atoms with Crippen LogP contribution in [0.2, 0.25) is 0 Å². The van der Waals surface area contributed by atoms with E-state index in [0.29, 0.717) is 10.0 Å². The molecule has 0 aliphatic heterocycles. The van der Waals surface area contributed by atoms with Crippen LogP contribution in [0.3, 0.4) is 0 Å². The summed E-state index contributed by atoms with van der Waals surface area (Å²) >= 11 is 4.21. The molecular weight excluding hydrogens is 364 g/mol. The van der Waals surface area contributed by atoms with E-state index in [9.17, 15) is 9.59 Å². The number of carbonyl (C=O) groups excluding carboxylic acids is 2. The van der Waals surface area contributed by atoms with E-state index in [1.165, 1.54) is 34.9 Å². The van der Waals surface area contributed by atoms with Crippen molar-refractivity contribution in [2.75, 3.05) is 11.6 Å². The summed E-state index contributed by atoms with van der Waals surface area (Å²) in [4.78, 5) is 24.1. The first-order valence-electron chi connectivity index (χ1n) is 7.12. The lowest BCUT2D eigenvalue weighted by Gasteiger charge is -2.12. The number of hydrogen-bond acceptors (Lipinski definition) is 7. The molecule has 1 heterocycles. The second kappa shape index (κ2) is 8.50. The SMILES string of the molecule is CSc1nnc(SC(C)C(=O)NC(=O)Nc2ccc(C)cc2C)s1. The number of benzene rings is 1. The molecule has 0 saturated carbocycles. The van der Waals surface area contributed by atoms with Crippen LogP contribution in [0.15, 0.2) is 26.9 Å². The van der Waals surface area contributed by atoms with Gasteiger partial charge in [0.2, 0.25) is 5.91 Å². The first-order chi connectivity index (χ1) is 11.4. The van der Waals surface area contributed by atoms with Gasteiger partial charge in [-0.25, -0.2) is 4.79 Å². The van der Waals surface area contributed by atoms with Crippen molar-refractivity contribution >= 4 is 52.5 Å². The number of aryl methyl sites for hydroxylation is 2. The second-order valence-electron chi connectivity index (χ2n) is 5.06. The molecule has 0 saturated heterocycles. The van der Waals surface area contributed by atoms with Gasteiger partial charge in [-0.2, -0.15) is 0 Å². The number of nitrogens with zero attached hydrogens (tertiary/aromatic N) is 2. The maximum Gasteiger partial charge on any atom is 0.325 e. The average Bonchev–Trinajstić information content (AvgIpc) is 2.97. The zero-order chi connectivity index (χ0) is 17.7. The number of anilines is 1. The second-order valence-corrected chi connectivity index (χ2v) is 8.68. The summed E-state index contributed by atoms with van der Waals surface area (Å²) in [6.07, 6.45) is 1.92. The summed E-state index contributed by atoms with van der Waals surface area (Å²) in [5, 5.41) is 12.6. The van der Waals surface area contributed by atoms with E-state index in [-0.39, 0.29) is 5.91 Å². The maximum absolute atomic E-state index is 12.1. The molecule has 0 aliphatic rings. The topological polar surface area (TPSA) is 84.0 Å². The molecule has 0 aliphatic carbocycles. The average molecular weight is 383 g/mol. The van der Waals surface area contributed by atoms with Crippen molar-refractivity contribution in [1.82, 2.24) is 15.5 Å². The van der Waals surface area contributed by atoms with Gasteiger partial charge in [-0.05, 0) is 38.7 Å². The third kappa shape index (κ3) is 5.22. The highest BCUT2D eigenvalue weighted by atomic mass is 32.2. The van der Waals surface area contributed by atoms with Crippen LogP contribution >= 0.6 is 34.9 Å². The summed E-state index contributed by atoms with van der Waals surface area (Å²) in [6.45, 7) is 5.61. The first-order valence-corrected chi connectivity index (χ1v) is 10.0. The van der Waals surface area contributed by atoms with Crippen LogP contribution in [0, 0.1) is 13.8 Å². The summed E-state index contributed by atoms with van der Waals surface area (Å²) < 4.78 is 1.55. The fourth-order valence-electron chi connectivity index (χ4n) is 1.85. The van der Waals surface area contributed by atoms with E-state index in [1.807, 2.05) is 38.3 Å². The molecule has 3 amide bonds. The third-order valence-electron chi connectivity index (χ3n) is 3.08. The molecule has 0 bridgehead atoms. The van der Waals surface area contributed by atoms with Crippen molar-refractivity contribution in [2.24, 2.45) is 0 Å². The lowest BCUT2D eigenvalue weighted by atomic mass is 10.1. The first kappa shape index (κ1) is 18.8. The molecule has 0 fully saturated rings.